The van der Waals surface area contributed by atoms with Crippen molar-refractivity contribution in [1.29, 1.82) is 0 Å². The zero-order chi connectivity index (χ0) is 42.4. The third kappa shape index (κ3) is 9.49. The molecule has 3 heterocycles. The number of amides is 3. The quantitative estimate of drug-likeness (QED) is 0.0700. The monoisotopic (exact) mass is 839 g/mol. The van der Waals surface area contributed by atoms with E-state index >= 15 is 0 Å². The largest absolute Gasteiger partial charge is 0.396 e. The zero-order valence-electron chi connectivity index (χ0n) is 32.7. The number of carbonyl (C=O) groups is 3. The first kappa shape index (κ1) is 47.8. The Morgan fingerprint density at radius 2 is 1.33 bits per heavy atom. The maximum absolute atomic E-state index is 14.6. The number of pyridine rings is 2. The van der Waals surface area contributed by atoms with Crippen LogP contribution in [0.2, 0.25) is 0 Å². The molecule has 3 amide bonds. The molecule has 0 atom stereocenters. The van der Waals surface area contributed by atoms with E-state index < -0.39 is 29.0 Å². The minimum Gasteiger partial charge on any atom is -0.396 e. The highest BCUT2D eigenvalue weighted by atomic mass is 32.1. The number of aromatic nitrogens is 2. The van der Waals surface area contributed by atoms with E-state index in [-0.39, 0.29) is 48.5 Å². The molecule has 7 rings (SSSR count). The third-order valence-electron chi connectivity index (χ3n) is 10.4. The summed E-state index contributed by atoms with van der Waals surface area (Å²) in [5, 5.41) is 11.5. The molecule has 0 unspecified atom stereocenters. The fourth-order valence-corrected chi connectivity index (χ4v) is 7.29. The van der Waals surface area contributed by atoms with Crippen LogP contribution in [0.15, 0.2) is 60.9 Å². The molecule has 2 aromatic heterocycles. The first-order chi connectivity index (χ1) is 27.7. The number of benzene rings is 2. The second kappa shape index (κ2) is 19.9. The lowest BCUT2D eigenvalue weighted by molar-refractivity contribution is -0.123. The Balaban J connectivity index is 0.000000272. The van der Waals surface area contributed by atoms with E-state index in [2.05, 4.69) is 40.9 Å². The summed E-state index contributed by atoms with van der Waals surface area (Å²) in [4.78, 5) is 54.2. The van der Waals surface area contributed by atoms with Crippen molar-refractivity contribution in [2.24, 2.45) is 0 Å². The van der Waals surface area contributed by atoms with Gasteiger partial charge in [0.1, 0.15) is 29.6 Å². The first-order valence-corrected chi connectivity index (χ1v) is 18.7. The van der Waals surface area contributed by atoms with E-state index in [1.807, 2.05) is 14.0 Å². The fourth-order valence-electron chi connectivity index (χ4n) is 6.82. The molecule has 0 radical (unpaired) electrons. The van der Waals surface area contributed by atoms with Gasteiger partial charge in [-0.2, -0.15) is 0 Å². The number of nitrogens with two attached hydrogens (primary N) is 1. The topological polar surface area (TPSA) is 166 Å². The molecular formula is C43H51F2N11O3S. The highest BCUT2D eigenvalue weighted by Crippen LogP contribution is 2.48. The number of hydrogen-bond donors (Lipinski definition) is 5. The lowest BCUT2D eigenvalue weighted by Crippen LogP contribution is -2.55. The van der Waals surface area contributed by atoms with Gasteiger partial charge in [-0.25, -0.2) is 8.78 Å². The van der Waals surface area contributed by atoms with Crippen molar-refractivity contribution in [2.75, 3.05) is 42.0 Å². The van der Waals surface area contributed by atoms with E-state index in [1.54, 1.807) is 36.1 Å². The van der Waals surface area contributed by atoms with Gasteiger partial charge in [0.05, 0.1) is 28.2 Å². The second-order valence-electron chi connectivity index (χ2n) is 13.9. The van der Waals surface area contributed by atoms with E-state index in [1.165, 1.54) is 55.7 Å². The van der Waals surface area contributed by atoms with Crippen LogP contribution in [-0.2, 0) is 4.79 Å². The highest BCUT2D eigenvalue weighted by molar-refractivity contribution is 7.81. The average molecular weight is 840 g/mol. The number of nitrogens with one attached hydrogen (secondary N) is 4. The lowest BCUT2D eigenvalue weighted by Gasteiger charge is -2.43. The zero-order valence-corrected chi connectivity index (χ0v) is 33.5. The van der Waals surface area contributed by atoms with Gasteiger partial charge < -0.3 is 36.3 Å². The molecule has 316 valence electrons. The van der Waals surface area contributed by atoms with Crippen molar-refractivity contribution < 1.29 is 23.2 Å². The Morgan fingerprint density at radius 3 is 1.77 bits per heavy atom. The smallest absolute Gasteiger partial charge is 0.272 e. The van der Waals surface area contributed by atoms with Gasteiger partial charge in [-0.05, 0) is 131 Å². The normalized spacial score (nSPS) is 15.1. The molecule has 1 saturated heterocycles. The molecule has 1 spiro atoms. The van der Waals surface area contributed by atoms with Gasteiger partial charge >= 0.3 is 0 Å². The van der Waals surface area contributed by atoms with Crippen molar-refractivity contribution in [1.82, 2.24) is 25.9 Å². The molecule has 60 heavy (non-hydrogen) atoms. The molecule has 3 fully saturated rings. The molecule has 1 aliphatic heterocycles. The van der Waals surface area contributed by atoms with Crippen LogP contribution in [-0.4, -0.2) is 65.1 Å². The summed E-state index contributed by atoms with van der Waals surface area (Å²) in [7, 11) is 4.81. The van der Waals surface area contributed by atoms with Gasteiger partial charge in [-0.15, -0.1) is 9.97 Å². The van der Waals surface area contributed by atoms with Crippen LogP contribution in [0.4, 0.5) is 43.2 Å². The molecular weight excluding hydrogens is 789 g/mol. The standard InChI is InChI=1S/C21H18FN5O2S.C13H18FN3O.C7H7N3.2CH4/c1-12-9-14(11-25-17(12)23-2)26-19(29)21(7-4-8-21)27(20(26)30)13-5-6-15(16(22)10-13)18(28)24-3;1-15-12(18)10-5-4-9(8-11(10)14)17-13(16-2)6-3-7-13;1-5-3-6(8)4-10-7(5)9-2;;/h5-6,9-11H,4,7-8H2,1,3H3,(H,24,28);4-5,8,16-17H,3,6-7H2,1-2H3,(H,15,18);3-4H,8H2,1H3;2*1H4. The predicted molar refractivity (Wildman–Crippen MR) is 236 cm³/mol. The summed E-state index contributed by atoms with van der Waals surface area (Å²) in [6.45, 7) is 17.4. The molecule has 14 nitrogen and oxygen atoms in total. The summed E-state index contributed by atoms with van der Waals surface area (Å²) in [5.74, 6) is -1.63. The first-order valence-electron chi connectivity index (χ1n) is 18.3. The number of nitrogens with zero attached hydrogens (tertiary/aromatic N) is 6. The van der Waals surface area contributed by atoms with Crippen molar-refractivity contribution in [3.05, 3.63) is 118 Å². The van der Waals surface area contributed by atoms with Crippen LogP contribution in [0.3, 0.4) is 0 Å². The number of rotatable bonds is 7. The Hall–Kier alpha value is -6.56. The van der Waals surface area contributed by atoms with E-state index in [0.717, 1.165) is 31.2 Å². The molecule has 2 saturated carbocycles. The minimum absolute atomic E-state index is 0. The molecule has 2 aromatic carbocycles. The van der Waals surface area contributed by atoms with E-state index in [4.69, 9.17) is 31.1 Å². The number of anilines is 4. The van der Waals surface area contributed by atoms with Crippen LogP contribution in [0.25, 0.3) is 9.69 Å². The summed E-state index contributed by atoms with van der Waals surface area (Å²) >= 11 is 5.65. The Kier molecular flexibility index (Phi) is 15.9. The summed E-state index contributed by atoms with van der Waals surface area (Å²) in [6, 6.07) is 12.3. The van der Waals surface area contributed by atoms with Gasteiger partial charge in [0.25, 0.3) is 29.4 Å². The van der Waals surface area contributed by atoms with Gasteiger partial charge in [0.15, 0.2) is 5.11 Å². The Labute approximate surface area is 355 Å². The second-order valence-corrected chi connectivity index (χ2v) is 14.3. The number of hydrogen-bond acceptors (Lipinski definition) is 9. The number of carbonyl (C=O) groups excluding carboxylic acids is 3. The Morgan fingerprint density at radius 1 is 0.800 bits per heavy atom. The molecule has 4 aromatic rings. The third-order valence-corrected chi connectivity index (χ3v) is 10.7. The van der Waals surface area contributed by atoms with Crippen molar-refractivity contribution >= 4 is 69.4 Å². The highest BCUT2D eigenvalue weighted by Gasteiger charge is 2.59. The predicted octanol–water partition coefficient (Wildman–Crippen LogP) is 7.99. The van der Waals surface area contributed by atoms with Gasteiger partial charge in [0.2, 0.25) is 0 Å². The van der Waals surface area contributed by atoms with E-state index in [9.17, 15) is 23.2 Å². The summed E-state index contributed by atoms with van der Waals surface area (Å²) in [6.07, 6.45) is 8.17. The lowest BCUT2D eigenvalue weighted by atomic mass is 9.75. The fraction of sp³-hybridized carbons (Fsp3) is 0.349. The maximum atomic E-state index is 14.6. The van der Waals surface area contributed by atoms with Gasteiger partial charge in [-0.3, -0.25) is 24.6 Å². The number of thiocarbonyl (C=S) groups is 1. The summed E-state index contributed by atoms with van der Waals surface area (Å²) in [5.41, 5.74) is 8.07. The SMILES string of the molecule is C.C.CNC(=O)c1ccc(NC2(NC)CCC2)cc1F.[C-]#[N+]c1ncc(N)cc1C.[C-]#[N+]c1ncc(N2C(=O)C3(CCC3)N(c3ccc(C(=O)NC)c(F)c3)C2=S)cc1C. The molecule has 2 aliphatic carbocycles. The van der Waals surface area contributed by atoms with Crippen LogP contribution < -0.4 is 36.8 Å². The Bertz CT molecular complexity index is 2350. The van der Waals surface area contributed by atoms with Gasteiger partial charge in [-0.1, -0.05) is 28.0 Å². The number of nitrogen functional groups attached to an aromatic ring is 1. The van der Waals surface area contributed by atoms with Crippen LogP contribution >= 0.6 is 12.2 Å². The number of halogens is 2. The summed E-state index contributed by atoms with van der Waals surface area (Å²) < 4.78 is 28.4. The van der Waals surface area contributed by atoms with Crippen LogP contribution in [0.5, 0.6) is 0 Å². The van der Waals surface area contributed by atoms with Crippen LogP contribution in [0.1, 0.15) is 85.2 Å². The molecule has 6 N–H and O–H groups in total. The van der Waals surface area contributed by atoms with Crippen molar-refractivity contribution in [3.8, 4) is 0 Å². The van der Waals surface area contributed by atoms with E-state index in [0.29, 0.717) is 47.0 Å². The molecule has 0 bridgehead atoms. The maximum Gasteiger partial charge on any atom is 0.272 e. The molecule has 3 aliphatic rings. The van der Waals surface area contributed by atoms with Crippen molar-refractivity contribution in [2.45, 2.75) is 78.4 Å². The average Bonchev–Trinajstić information content (AvgIpc) is 3.42. The molecule has 17 heteroatoms. The van der Waals surface area contributed by atoms with Crippen molar-refractivity contribution in [3.63, 3.8) is 0 Å². The van der Waals surface area contributed by atoms with Crippen LogP contribution in [0, 0.1) is 38.6 Å². The number of aryl methyl sites for hydroxylation is 2. The minimum atomic E-state index is -0.871. The van der Waals surface area contributed by atoms with Gasteiger partial charge in [0, 0.05) is 25.5 Å².